The molecule has 1 aromatic rings. The summed E-state index contributed by atoms with van der Waals surface area (Å²) < 4.78 is 37.2. The van der Waals surface area contributed by atoms with Gasteiger partial charge in [-0.1, -0.05) is 12.1 Å². The molecule has 1 atom stereocenters. The SMILES string of the molecule is N[C@@H](CO)c1ccc(C(F)F)c(F)c1. The van der Waals surface area contributed by atoms with Crippen molar-refractivity contribution in [2.24, 2.45) is 5.73 Å². The molecule has 0 aliphatic heterocycles. The number of hydrogen-bond donors (Lipinski definition) is 2. The van der Waals surface area contributed by atoms with Crippen molar-refractivity contribution in [3.8, 4) is 0 Å². The summed E-state index contributed by atoms with van der Waals surface area (Å²) >= 11 is 0. The normalized spacial score (nSPS) is 13.3. The molecule has 0 aliphatic rings. The molecule has 0 amide bonds. The van der Waals surface area contributed by atoms with Crippen LogP contribution in [0, 0.1) is 5.82 Å². The molecule has 2 nitrogen and oxygen atoms in total. The first kappa shape index (κ1) is 11.0. The van der Waals surface area contributed by atoms with Crippen LogP contribution < -0.4 is 5.73 Å². The van der Waals surface area contributed by atoms with E-state index in [2.05, 4.69) is 0 Å². The van der Waals surface area contributed by atoms with Crippen LogP contribution in [0.2, 0.25) is 0 Å². The van der Waals surface area contributed by atoms with Gasteiger partial charge in [0.05, 0.1) is 18.2 Å². The third-order valence-electron chi connectivity index (χ3n) is 1.88. The minimum Gasteiger partial charge on any atom is -0.394 e. The van der Waals surface area contributed by atoms with E-state index in [1.54, 1.807) is 0 Å². The molecule has 0 bridgehead atoms. The lowest BCUT2D eigenvalue weighted by atomic mass is 10.1. The Morgan fingerprint density at radius 1 is 1.36 bits per heavy atom. The zero-order valence-corrected chi connectivity index (χ0v) is 7.25. The van der Waals surface area contributed by atoms with Crippen LogP contribution in [0.3, 0.4) is 0 Å². The molecule has 0 saturated heterocycles. The molecule has 0 unspecified atom stereocenters. The monoisotopic (exact) mass is 205 g/mol. The van der Waals surface area contributed by atoms with Gasteiger partial charge in [-0.15, -0.1) is 0 Å². The zero-order chi connectivity index (χ0) is 10.7. The number of hydrogen-bond acceptors (Lipinski definition) is 2. The van der Waals surface area contributed by atoms with Gasteiger partial charge in [0, 0.05) is 0 Å². The number of nitrogens with two attached hydrogens (primary N) is 1. The summed E-state index contributed by atoms with van der Waals surface area (Å²) in [5, 5.41) is 8.66. The van der Waals surface area contributed by atoms with Crippen molar-refractivity contribution in [3.05, 3.63) is 35.1 Å². The van der Waals surface area contributed by atoms with Gasteiger partial charge in [0.15, 0.2) is 0 Å². The van der Waals surface area contributed by atoms with Crippen LogP contribution in [0.25, 0.3) is 0 Å². The standard InChI is InChI=1S/C9H10F3NO/c10-7-3-5(8(13)4-14)1-2-6(7)9(11)12/h1-3,8-9,14H,4,13H2/t8-/m0/s1. The van der Waals surface area contributed by atoms with Gasteiger partial charge in [-0.25, -0.2) is 13.2 Å². The molecule has 0 aliphatic carbocycles. The van der Waals surface area contributed by atoms with Gasteiger partial charge < -0.3 is 10.8 Å². The second kappa shape index (κ2) is 4.43. The summed E-state index contributed by atoms with van der Waals surface area (Å²) in [5.41, 5.74) is 5.03. The number of alkyl halides is 2. The fourth-order valence-electron chi connectivity index (χ4n) is 1.06. The first-order chi connectivity index (χ1) is 6.56. The minimum absolute atomic E-state index is 0.300. The lowest BCUT2D eigenvalue weighted by molar-refractivity contribution is 0.146. The van der Waals surface area contributed by atoms with Gasteiger partial charge in [-0.3, -0.25) is 0 Å². The van der Waals surface area contributed by atoms with Gasteiger partial charge >= 0.3 is 0 Å². The molecule has 3 N–H and O–H groups in total. The van der Waals surface area contributed by atoms with E-state index in [-0.39, 0.29) is 6.61 Å². The predicted molar refractivity (Wildman–Crippen MR) is 45.4 cm³/mol. The van der Waals surface area contributed by atoms with Crippen molar-refractivity contribution in [2.45, 2.75) is 12.5 Å². The molecular formula is C9H10F3NO. The fourth-order valence-corrected chi connectivity index (χ4v) is 1.06. The summed E-state index contributed by atoms with van der Waals surface area (Å²) in [6.07, 6.45) is -2.84. The summed E-state index contributed by atoms with van der Waals surface area (Å²) in [4.78, 5) is 0. The maximum atomic E-state index is 13.0. The fraction of sp³-hybridized carbons (Fsp3) is 0.333. The second-order valence-corrected chi connectivity index (χ2v) is 2.87. The van der Waals surface area contributed by atoms with Gasteiger partial charge in [0.25, 0.3) is 6.43 Å². The average Bonchev–Trinajstić information content (AvgIpc) is 2.15. The molecule has 0 radical (unpaired) electrons. The third kappa shape index (κ3) is 2.24. The van der Waals surface area contributed by atoms with E-state index in [1.165, 1.54) is 6.07 Å². The Morgan fingerprint density at radius 3 is 2.43 bits per heavy atom. The first-order valence-electron chi connectivity index (χ1n) is 4.00. The molecular weight excluding hydrogens is 195 g/mol. The highest BCUT2D eigenvalue weighted by atomic mass is 19.3. The number of aliphatic hydroxyl groups is 1. The minimum atomic E-state index is -2.84. The molecule has 5 heteroatoms. The molecule has 0 aromatic heterocycles. The number of rotatable bonds is 3. The van der Waals surface area contributed by atoms with Crippen molar-refractivity contribution in [2.75, 3.05) is 6.61 Å². The van der Waals surface area contributed by atoms with Crippen molar-refractivity contribution >= 4 is 0 Å². The largest absolute Gasteiger partial charge is 0.394 e. The van der Waals surface area contributed by atoms with Gasteiger partial charge in [-0.2, -0.15) is 0 Å². The Morgan fingerprint density at radius 2 is 2.00 bits per heavy atom. The van der Waals surface area contributed by atoms with Crippen LogP contribution in [0.5, 0.6) is 0 Å². The van der Waals surface area contributed by atoms with E-state index in [4.69, 9.17) is 10.8 Å². The molecule has 14 heavy (non-hydrogen) atoms. The van der Waals surface area contributed by atoms with Crippen LogP contribution >= 0.6 is 0 Å². The quantitative estimate of drug-likeness (QED) is 0.789. The van der Waals surface area contributed by atoms with Crippen molar-refractivity contribution in [1.29, 1.82) is 0 Å². The molecule has 78 valence electrons. The zero-order valence-electron chi connectivity index (χ0n) is 7.25. The van der Waals surface area contributed by atoms with Gasteiger partial charge in [0.1, 0.15) is 5.82 Å². The van der Waals surface area contributed by atoms with E-state index in [0.717, 1.165) is 12.1 Å². The first-order valence-corrected chi connectivity index (χ1v) is 4.00. The molecule has 1 rings (SSSR count). The van der Waals surface area contributed by atoms with E-state index < -0.39 is 23.8 Å². The van der Waals surface area contributed by atoms with Crippen molar-refractivity contribution in [3.63, 3.8) is 0 Å². The highest BCUT2D eigenvalue weighted by molar-refractivity contribution is 5.27. The number of halogens is 3. The van der Waals surface area contributed by atoms with Crippen LogP contribution in [0.4, 0.5) is 13.2 Å². The Hall–Kier alpha value is -1.07. The van der Waals surface area contributed by atoms with E-state index in [1.807, 2.05) is 0 Å². The lowest BCUT2D eigenvalue weighted by Gasteiger charge is -2.10. The molecule has 1 aromatic carbocycles. The summed E-state index contributed by atoms with van der Waals surface area (Å²) in [5.74, 6) is -0.999. The molecule has 0 heterocycles. The topological polar surface area (TPSA) is 46.2 Å². The second-order valence-electron chi connectivity index (χ2n) is 2.87. The summed E-state index contributed by atoms with van der Waals surface area (Å²) in [6.45, 7) is -0.354. The average molecular weight is 205 g/mol. The summed E-state index contributed by atoms with van der Waals surface area (Å²) in [7, 11) is 0. The van der Waals surface area contributed by atoms with Crippen molar-refractivity contribution < 1.29 is 18.3 Å². The van der Waals surface area contributed by atoms with E-state index in [9.17, 15) is 13.2 Å². The maximum absolute atomic E-state index is 13.0. The predicted octanol–water partition coefficient (Wildman–Crippen LogP) is 1.76. The van der Waals surface area contributed by atoms with Crippen molar-refractivity contribution in [1.82, 2.24) is 0 Å². The lowest BCUT2D eigenvalue weighted by Crippen LogP contribution is -2.14. The highest BCUT2D eigenvalue weighted by Crippen LogP contribution is 2.24. The third-order valence-corrected chi connectivity index (χ3v) is 1.88. The Kier molecular flexibility index (Phi) is 3.49. The maximum Gasteiger partial charge on any atom is 0.266 e. The van der Waals surface area contributed by atoms with Crippen LogP contribution in [-0.4, -0.2) is 11.7 Å². The molecule has 0 spiro atoms. The van der Waals surface area contributed by atoms with E-state index >= 15 is 0 Å². The summed E-state index contributed by atoms with van der Waals surface area (Å²) in [6, 6.07) is 2.44. The number of aliphatic hydroxyl groups excluding tert-OH is 1. The highest BCUT2D eigenvalue weighted by Gasteiger charge is 2.14. The number of benzene rings is 1. The Bertz CT molecular complexity index is 317. The van der Waals surface area contributed by atoms with Crippen LogP contribution in [-0.2, 0) is 0 Å². The molecule has 0 fully saturated rings. The van der Waals surface area contributed by atoms with Gasteiger partial charge in [-0.05, 0) is 11.6 Å². The smallest absolute Gasteiger partial charge is 0.266 e. The van der Waals surface area contributed by atoms with Crippen LogP contribution in [0.15, 0.2) is 18.2 Å². The van der Waals surface area contributed by atoms with Gasteiger partial charge in [0.2, 0.25) is 0 Å². The molecule has 0 saturated carbocycles. The van der Waals surface area contributed by atoms with E-state index in [0.29, 0.717) is 5.56 Å². The Labute approximate surface area is 79.2 Å². The Balaban J connectivity index is 3.00. The van der Waals surface area contributed by atoms with Crippen LogP contribution in [0.1, 0.15) is 23.6 Å².